The average molecular weight is 289 g/mol. The van der Waals surface area contributed by atoms with Crippen LogP contribution in [0.3, 0.4) is 0 Å². The van der Waals surface area contributed by atoms with Gasteiger partial charge in [0.05, 0.1) is 19.4 Å². The topological polar surface area (TPSA) is 30.5 Å². The van der Waals surface area contributed by atoms with Crippen LogP contribution in [0.1, 0.15) is 18.1 Å². The van der Waals surface area contributed by atoms with E-state index in [2.05, 4.69) is 11.4 Å². The van der Waals surface area contributed by atoms with Crippen LogP contribution in [0.5, 0.6) is 11.5 Å². The molecule has 0 aliphatic heterocycles. The highest BCUT2D eigenvalue weighted by molar-refractivity contribution is 5.56. The number of aryl methyl sites for hydroxylation is 1. The van der Waals surface area contributed by atoms with Crippen molar-refractivity contribution in [3.8, 4) is 11.5 Å². The highest BCUT2D eigenvalue weighted by atomic mass is 19.1. The highest BCUT2D eigenvalue weighted by Crippen LogP contribution is 2.26. The van der Waals surface area contributed by atoms with Gasteiger partial charge < -0.3 is 14.8 Å². The Morgan fingerprint density at radius 2 is 1.90 bits per heavy atom. The Labute approximate surface area is 124 Å². The first-order valence-electron chi connectivity index (χ1n) is 6.93. The summed E-state index contributed by atoms with van der Waals surface area (Å²) in [4.78, 5) is 0. The van der Waals surface area contributed by atoms with E-state index in [-0.39, 0.29) is 5.82 Å². The molecule has 0 saturated heterocycles. The number of hydrogen-bond acceptors (Lipinski definition) is 3. The van der Waals surface area contributed by atoms with E-state index in [9.17, 15) is 4.39 Å². The third kappa shape index (κ3) is 3.88. The lowest BCUT2D eigenvalue weighted by atomic mass is 10.1. The maximum absolute atomic E-state index is 13.2. The molecule has 0 radical (unpaired) electrons. The smallest absolute Gasteiger partial charge is 0.145 e. The number of methoxy groups -OCH3 is 1. The van der Waals surface area contributed by atoms with Crippen molar-refractivity contribution in [3.05, 3.63) is 53.3 Å². The zero-order chi connectivity index (χ0) is 15.2. The molecule has 0 aliphatic rings. The molecule has 0 unspecified atom stereocenters. The summed E-state index contributed by atoms with van der Waals surface area (Å²) >= 11 is 0. The zero-order valence-corrected chi connectivity index (χ0v) is 12.6. The van der Waals surface area contributed by atoms with Crippen LogP contribution in [-0.4, -0.2) is 13.7 Å². The lowest BCUT2D eigenvalue weighted by molar-refractivity contribution is 0.340. The Hall–Kier alpha value is -2.23. The van der Waals surface area contributed by atoms with Crippen LogP contribution in [0.2, 0.25) is 0 Å². The van der Waals surface area contributed by atoms with Gasteiger partial charge in [-0.3, -0.25) is 0 Å². The molecule has 21 heavy (non-hydrogen) atoms. The van der Waals surface area contributed by atoms with Gasteiger partial charge in [-0.25, -0.2) is 4.39 Å². The molecule has 112 valence electrons. The third-order valence-corrected chi connectivity index (χ3v) is 3.19. The van der Waals surface area contributed by atoms with Gasteiger partial charge in [-0.2, -0.15) is 0 Å². The summed E-state index contributed by atoms with van der Waals surface area (Å²) in [5, 5.41) is 3.27. The second-order valence-electron chi connectivity index (χ2n) is 4.73. The van der Waals surface area contributed by atoms with Gasteiger partial charge in [-0.05, 0) is 43.2 Å². The average Bonchev–Trinajstić information content (AvgIpc) is 2.47. The first-order valence-corrected chi connectivity index (χ1v) is 6.93. The minimum absolute atomic E-state index is 0.302. The van der Waals surface area contributed by atoms with Gasteiger partial charge >= 0.3 is 0 Å². The van der Waals surface area contributed by atoms with Crippen LogP contribution in [0.25, 0.3) is 0 Å². The first-order chi connectivity index (χ1) is 10.1. The second-order valence-corrected chi connectivity index (χ2v) is 4.73. The molecule has 0 saturated carbocycles. The summed E-state index contributed by atoms with van der Waals surface area (Å²) in [6.45, 7) is 5.02. The zero-order valence-electron chi connectivity index (χ0n) is 12.6. The number of hydrogen-bond donors (Lipinski definition) is 1. The lowest BCUT2D eigenvalue weighted by Crippen LogP contribution is -2.03. The van der Waals surface area contributed by atoms with Crippen molar-refractivity contribution in [1.82, 2.24) is 0 Å². The molecule has 0 bridgehead atoms. The van der Waals surface area contributed by atoms with E-state index in [1.807, 2.05) is 26.0 Å². The minimum atomic E-state index is -0.302. The van der Waals surface area contributed by atoms with Gasteiger partial charge in [0.2, 0.25) is 0 Å². The van der Waals surface area contributed by atoms with Gasteiger partial charge in [-0.1, -0.05) is 12.1 Å². The molecule has 0 heterocycles. The SMILES string of the molecule is CCOc1cc(F)ccc1NCc1ccc(OC)c(C)c1. The fraction of sp³-hybridized carbons (Fsp3) is 0.294. The maximum atomic E-state index is 13.2. The number of nitrogens with one attached hydrogen (secondary N) is 1. The molecular weight excluding hydrogens is 269 g/mol. The Morgan fingerprint density at radius 1 is 1.10 bits per heavy atom. The lowest BCUT2D eigenvalue weighted by Gasteiger charge is -2.13. The number of ether oxygens (including phenoxy) is 2. The van der Waals surface area contributed by atoms with E-state index in [1.165, 1.54) is 12.1 Å². The number of anilines is 1. The van der Waals surface area contributed by atoms with E-state index < -0.39 is 0 Å². The molecule has 3 nitrogen and oxygen atoms in total. The predicted octanol–water partition coefficient (Wildman–Crippen LogP) is 4.15. The molecular formula is C17H20FNO2. The quantitative estimate of drug-likeness (QED) is 0.866. The van der Waals surface area contributed by atoms with Gasteiger partial charge in [0.15, 0.2) is 0 Å². The number of halogens is 1. The van der Waals surface area contributed by atoms with Crippen molar-refractivity contribution in [2.24, 2.45) is 0 Å². The summed E-state index contributed by atoms with van der Waals surface area (Å²) in [5.41, 5.74) is 2.99. The molecule has 1 N–H and O–H groups in total. The molecule has 2 aromatic rings. The molecule has 0 aromatic heterocycles. The van der Waals surface area contributed by atoms with Crippen LogP contribution in [0.15, 0.2) is 36.4 Å². The van der Waals surface area contributed by atoms with Crippen LogP contribution >= 0.6 is 0 Å². The van der Waals surface area contributed by atoms with E-state index in [4.69, 9.17) is 9.47 Å². The summed E-state index contributed by atoms with van der Waals surface area (Å²) in [5.74, 6) is 1.10. The van der Waals surface area contributed by atoms with E-state index in [0.29, 0.717) is 18.9 Å². The minimum Gasteiger partial charge on any atom is -0.496 e. The maximum Gasteiger partial charge on any atom is 0.145 e. The molecule has 0 fully saturated rings. The standard InChI is InChI=1S/C17H20FNO2/c1-4-21-17-10-14(18)6-7-15(17)19-11-13-5-8-16(20-3)12(2)9-13/h5-10,19H,4,11H2,1-3H3. The van der Waals surface area contributed by atoms with Gasteiger partial charge in [0.25, 0.3) is 0 Å². The summed E-state index contributed by atoms with van der Waals surface area (Å²) in [6, 6.07) is 10.5. The van der Waals surface area contributed by atoms with E-state index in [1.54, 1.807) is 13.2 Å². The van der Waals surface area contributed by atoms with Crippen LogP contribution in [-0.2, 0) is 6.54 Å². The van der Waals surface area contributed by atoms with E-state index in [0.717, 1.165) is 22.6 Å². The normalized spacial score (nSPS) is 10.3. The fourth-order valence-electron chi connectivity index (χ4n) is 2.16. The molecule has 0 spiro atoms. The Balaban J connectivity index is 2.10. The molecule has 0 amide bonds. The summed E-state index contributed by atoms with van der Waals surface area (Å²) < 4.78 is 23.9. The molecule has 4 heteroatoms. The monoisotopic (exact) mass is 289 g/mol. The Morgan fingerprint density at radius 3 is 2.57 bits per heavy atom. The van der Waals surface area contributed by atoms with E-state index >= 15 is 0 Å². The fourth-order valence-corrected chi connectivity index (χ4v) is 2.16. The van der Waals surface area contributed by atoms with Crippen molar-refractivity contribution in [2.45, 2.75) is 20.4 Å². The second kappa shape index (κ2) is 6.97. The predicted molar refractivity (Wildman–Crippen MR) is 82.6 cm³/mol. The number of benzene rings is 2. The van der Waals surface area contributed by atoms with Crippen molar-refractivity contribution in [1.29, 1.82) is 0 Å². The van der Waals surface area contributed by atoms with Crippen molar-refractivity contribution < 1.29 is 13.9 Å². The highest BCUT2D eigenvalue weighted by Gasteiger charge is 2.06. The van der Waals surface area contributed by atoms with Crippen molar-refractivity contribution in [3.63, 3.8) is 0 Å². The van der Waals surface area contributed by atoms with Gasteiger partial charge in [0.1, 0.15) is 17.3 Å². The molecule has 2 rings (SSSR count). The molecule has 0 aliphatic carbocycles. The van der Waals surface area contributed by atoms with Gasteiger partial charge in [0, 0.05) is 12.6 Å². The van der Waals surface area contributed by atoms with Crippen molar-refractivity contribution in [2.75, 3.05) is 19.0 Å². The van der Waals surface area contributed by atoms with Crippen molar-refractivity contribution >= 4 is 5.69 Å². The number of rotatable bonds is 6. The van der Waals surface area contributed by atoms with Crippen LogP contribution < -0.4 is 14.8 Å². The molecule has 0 atom stereocenters. The van der Waals surface area contributed by atoms with Gasteiger partial charge in [-0.15, -0.1) is 0 Å². The summed E-state index contributed by atoms with van der Waals surface area (Å²) in [7, 11) is 1.66. The summed E-state index contributed by atoms with van der Waals surface area (Å²) in [6.07, 6.45) is 0. The largest absolute Gasteiger partial charge is 0.496 e. The first kappa shape index (κ1) is 15.2. The third-order valence-electron chi connectivity index (χ3n) is 3.19. The van der Waals surface area contributed by atoms with Crippen LogP contribution in [0.4, 0.5) is 10.1 Å². The van der Waals surface area contributed by atoms with Crippen LogP contribution in [0, 0.1) is 12.7 Å². The Bertz CT molecular complexity index is 614. The Kier molecular flexibility index (Phi) is 5.04. The molecule has 2 aromatic carbocycles.